The SMILES string of the molecule is Cc1ccc(S(=O)C(F)(F)F)c(N)c1. The molecule has 0 aliphatic heterocycles. The minimum absolute atomic E-state index is 0.0966. The largest absolute Gasteiger partial charge is 0.475 e. The molecule has 0 bridgehead atoms. The number of aryl methyl sites for hydroxylation is 1. The van der Waals surface area contributed by atoms with Gasteiger partial charge in [0.2, 0.25) is 0 Å². The molecule has 14 heavy (non-hydrogen) atoms. The molecule has 0 aliphatic carbocycles. The monoisotopic (exact) mass is 223 g/mol. The van der Waals surface area contributed by atoms with E-state index >= 15 is 0 Å². The summed E-state index contributed by atoms with van der Waals surface area (Å²) in [4.78, 5) is -0.386. The predicted octanol–water partition coefficient (Wildman–Crippen LogP) is 2.20. The van der Waals surface area contributed by atoms with Crippen LogP contribution in [0.2, 0.25) is 0 Å². The topological polar surface area (TPSA) is 43.1 Å². The second-order valence-electron chi connectivity index (χ2n) is 2.76. The molecule has 1 aromatic carbocycles. The summed E-state index contributed by atoms with van der Waals surface area (Å²) in [5.41, 5.74) is 1.20. The lowest BCUT2D eigenvalue weighted by Gasteiger charge is -2.08. The Balaban J connectivity index is 3.15. The van der Waals surface area contributed by atoms with E-state index in [0.29, 0.717) is 0 Å². The average Bonchev–Trinajstić information content (AvgIpc) is 2.01. The number of nitrogen functional groups attached to an aromatic ring is 1. The van der Waals surface area contributed by atoms with Gasteiger partial charge in [-0.15, -0.1) is 0 Å². The Bertz CT molecular complexity index is 375. The third-order valence-electron chi connectivity index (χ3n) is 1.58. The van der Waals surface area contributed by atoms with Crippen LogP contribution >= 0.6 is 0 Å². The molecule has 6 heteroatoms. The fraction of sp³-hybridized carbons (Fsp3) is 0.250. The number of rotatable bonds is 1. The third kappa shape index (κ3) is 2.25. The van der Waals surface area contributed by atoms with Gasteiger partial charge >= 0.3 is 5.51 Å². The summed E-state index contributed by atoms with van der Waals surface area (Å²) in [7, 11) is -3.05. The number of alkyl halides is 3. The maximum Gasteiger partial charge on any atom is 0.475 e. The Hall–Kier alpha value is -1.04. The van der Waals surface area contributed by atoms with Crippen molar-refractivity contribution in [3.8, 4) is 0 Å². The molecule has 0 aliphatic rings. The van der Waals surface area contributed by atoms with Crippen molar-refractivity contribution in [2.75, 3.05) is 5.73 Å². The van der Waals surface area contributed by atoms with Gasteiger partial charge in [-0.2, -0.15) is 13.2 Å². The highest BCUT2D eigenvalue weighted by Gasteiger charge is 2.38. The zero-order chi connectivity index (χ0) is 10.9. The molecule has 2 N–H and O–H groups in total. The Labute approximate surface area is 81.4 Å². The summed E-state index contributed by atoms with van der Waals surface area (Å²) in [6, 6.07) is 3.93. The maximum atomic E-state index is 12.1. The van der Waals surface area contributed by atoms with Gasteiger partial charge in [0.1, 0.15) is 0 Å². The zero-order valence-corrected chi connectivity index (χ0v) is 8.08. The van der Waals surface area contributed by atoms with E-state index in [1.165, 1.54) is 12.1 Å². The molecule has 1 unspecified atom stereocenters. The molecule has 1 aromatic rings. The number of hydrogen-bond acceptors (Lipinski definition) is 2. The number of benzene rings is 1. The first kappa shape index (κ1) is 11.0. The van der Waals surface area contributed by atoms with Crippen LogP contribution in [0.15, 0.2) is 23.1 Å². The molecule has 0 saturated carbocycles. The summed E-state index contributed by atoms with van der Waals surface area (Å²) < 4.78 is 47.1. The molecule has 0 saturated heterocycles. The second kappa shape index (κ2) is 3.61. The highest BCUT2D eigenvalue weighted by Crippen LogP contribution is 2.29. The summed E-state index contributed by atoms with van der Waals surface area (Å²) in [6.07, 6.45) is 0. The Morgan fingerprint density at radius 1 is 1.36 bits per heavy atom. The van der Waals surface area contributed by atoms with Crippen LogP contribution in [-0.4, -0.2) is 9.72 Å². The van der Waals surface area contributed by atoms with Crippen molar-refractivity contribution < 1.29 is 17.4 Å². The second-order valence-corrected chi connectivity index (χ2v) is 4.20. The molecule has 0 radical (unpaired) electrons. The fourth-order valence-electron chi connectivity index (χ4n) is 0.961. The van der Waals surface area contributed by atoms with E-state index in [1.807, 2.05) is 0 Å². The summed E-state index contributed by atoms with van der Waals surface area (Å²) in [5, 5.41) is 0. The lowest BCUT2D eigenvalue weighted by atomic mass is 10.2. The van der Waals surface area contributed by atoms with E-state index in [9.17, 15) is 17.4 Å². The van der Waals surface area contributed by atoms with Crippen molar-refractivity contribution >= 4 is 16.5 Å². The molecule has 1 atom stereocenters. The average molecular weight is 223 g/mol. The van der Waals surface area contributed by atoms with Crippen molar-refractivity contribution in [3.05, 3.63) is 23.8 Å². The molecule has 1 rings (SSSR count). The molecule has 0 aromatic heterocycles. The first-order chi connectivity index (χ1) is 6.32. The molecule has 2 nitrogen and oxygen atoms in total. The van der Waals surface area contributed by atoms with E-state index in [4.69, 9.17) is 5.73 Å². The van der Waals surface area contributed by atoms with Crippen molar-refractivity contribution in [1.29, 1.82) is 0 Å². The Morgan fingerprint density at radius 2 is 1.93 bits per heavy atom. The summed E-state index contributed by atoms with van der Waals surface area (Å²) in [5.74, 6) is 0. The van der Waals surface area contributed by atoms with Crippen LogP contribution in [0, 0.1) is 6.92 Å². The van der Waals surface area contributed by atoms with E-state index in [-0.39, 0.29) is 10.6 Å². The molecular formula is C8H8F3NOS. The van der Waals surface area contributed by atoms with Crippen LogP contribution in [0.1, 0.15) is 5.56 Å². The normalized spacial score (nSPS) is 14.0. The van der Waals surface area contributed by atoms with Gasteiger partial charge in [-0.1, -0.05) is 6.07 Å². The standard InChI is InChI=1S/C8H8F3NOS/c1-5-2-3-7(6(12)4-5)14(13)8(9,10)11/h2-4H,12H2,1H3. The van der Waals surface area contributed by atoms with Gasteiger partial charge in [-0.3, -0.25) is 0 Å². The molecule has 0 spiro atoms. The third-order valence-corrected chi connectivity index (χ3v) is 2.77. The van der Waals surface area contributed by atoms with Crippen molar-refractivity contribution in [2.24, 2.45) is 0 Å². The number of anilines is 1. The van der Waals surface area contributed by atoms with E-state index < -0.39 is 16.3 Å². The zero-order valence-electron chi connectivity index (χ0n) is 7.26. The van der Waals surface area contributed by atoms with Crippen molar-refractivity contribution in [2.45, 2.75) is 17.3 Å². The Kier molecular flexibility index (Phi) is 2.84. The van der Waals surface area contributed by atoms with Crippen molar-refractivity contribution in [1.82, 2.24) is 0 Å². The van der Waals surface area contributed by atoms with Gasteiger partial charge < -0.3 is 5.73 Å². The smallest absolute Gasteiger partial charge is 0.398 e. The molecule has 0 heterocycles. The van der Waals surface area contributed by atoms with E-state index in [0.717, 1.165) is 11.6 Å². The molecular weight excluding hydrogens is 215 g/mol. The van der Waals surface area contributed by atoms with Crippen molar-refractivity contribution in [3.63, 3.8) is 0 Å². The first-order valence-corrected chi connectivity index (χ1v) is 4.82. The van der Waals surface area contributed by atoms with Gasteiger partial charge in [-0.25, -0.2) is 4.21 Å². The quantitative estimate of drug-likeness (QED) is 0.742. The van der Waals surface area contributed by atoms with E-state index in [1.54, 1.807) is 6.92 Å². The van der Waals surface area contributed by atoms with Gasteiger partial charge in [0.25, 0.3) is 0 Å². The summed E-state index contributed by atoms with van der Waals surface area (Å²) in [6.45, 7) is 1.69. The van der Waals surface area contributed by atoms with Crippen LogP contribution in [0.4, 0.5) is 18.9 Å². The van der Waals surface area contributed by atoms with Gasteiger partial charge in [0, 0.05) is 5.69 Å². The van der Waals surface area contributed by atoms with E-state index in [2.05, 4.69) is 0 Å². The van der Waals surface area contributed by atoms with Gasteiger partial charge in [0.05, 0.1) is 4.90 Å². The number of hydrogen-bond donors (Lipinski definition) is 1. The molecule has 0 fully saturated rings. The predicted molar refractivity (Wildman–Crippen MR) is 48.1 cm³/mol. The minimum Gasteiger partial charge on any atom is -0.398 e. The van der Waals surface area contributed by atoms with Crippen LogP contribution in [0.3, 0.4) is 0 Å². The maximum absolute atomic E-state index is 12.1. The molecule has 0 amide bonds. The van der Waals surface area contributed by atoms with Crippen LogP contribution in [0.25, 0.3) is 0 Å². The number of nitrogens with two attached hydrogens (primary N) is 1. The van der Waals surface area contributed by atoms with Crippen LogP contribution in [0.5, 0.6) is 0 Å². The van der Waals surface area contributed by atoms with Crippen LogP contribution in [-0.2, 0) is 10.8 Å². The highest BCUT2D eigenvalue weighted by molar-refractivity contribution is 7.86. The van der Waals surface area contributed by atoms with Crippen LogP contribution < -0.4 is 5.73 Å². The highest BCUT2D eigenvalue weighted by atomic mass is 32.2. The first-order valence-electron chi connectivity index (χ1n) is 3.67. The molecule has 78 valence electrons. The Morgan fingerprint density at radius 3 is 2.36 bits per heavy atom. The number of halogens is 3. The fourth-order valence-corrected chi connectivity index (χ4v) is 1.68. The summed E-state index contributed by atoms with van der Waals surface area (Å²) >= 11 is 0. The lowest BCUT2D eigenvalue weighted by molar-refractivity contribution is -0.0384. The lowest BCUT2D eigenvalue weighted by Crippen LogP contribution is -2.17. The van der Waals surface area contributed by atoms with Gasteiger partial charge in [0.15, 0.2) is 10.8 Å². The minimum atomic E-state index is -4.76. The van der Waals surface area contributed by atoms with Gasteiger partial charge in [-0.05, 0) is 24.6 Å².